The molecule has 19 heavy (non-hydrogen) atoms. The zero-order valence-electron chi connectivity index (χ0n) is 10.9. The fourth-order valence-electron chi connectivity index (χ4n) is 3.61. The van der Waals surface area contributed by atoms with Gasteiger partial charge in [0.15, 0.2) is 0 Å². The molecule has 1 heterocycles. The molecule has 0 bridgehead atoms. The van der Waals surface area contributed by atoms with E-state index in [0.29, 0.717) is 5.92 Å². The summed E-state index contributed by atoms with van der Waals surface area (Å²) in [4.78, 5) is 14.6. The molecule has 2 heteroatoms. The van der Waals surface area contributed by atoms with Crippen molar-refractivity contribution in [1.82, 2.24) is 0 Å². The van der Waals surface area contributed by atoms with Crippen LogP contribution in [0.15, 0.2) is 36.4 Å². The first-order valence-electron chi connectivity index (χ1n) is 7.18. The Balaban J connectivity index is 1.79. The minimum Gasteiger partial charge on any atom is -0.307 e. The van der Waals surface area contributed by atoms with E-state index < -0.39 is 0 Å². The highest BCUT2D eigenvalue weighted by molar-refractivity contribution is 6.25. The Morgan fingerprint density at radius 2 is 1.79 bits per heavy atom. The molecular formula is C17H17NO. The summed E-state index contributed by atoms with van der Waals surface area (Å²) in [5.74, 6) is 0.882. The highest BCUT2D eigenvalue weighted by atomic mass is 16.2. The van der Waals surface area contributed by atoms with Crippen LogP contribution in [0.1, 0.15) is 36.0 Å². The van der Waals surface area contributed by atoms with Gasteiger partial charge in [0.05, 0.1) is 5.69 Å². The van der Waals surface area contributed by atoms with Gasteiger partial charge < -0.3 is 4.90 Å². The van der Waals surface area contributed by atoms with Crippen LogP contribution < -0.4 is 4.90 Å². The second-order valence-corrected chi connectivity index (χ2v) is 5.75. The average Bonchev–Trinajstić information content (AvgIpc) is 3.04. The highest BCUT2D eigenvalue weighted by Crippen LogP contribution is 2.38. The lowest BCUT2D eigenvalue weighted by Gasteiger charge is -2.21. The molecule has 1 amide bonds. The quantitative estimate of drug-likeness (QED) is 0.790. The van der Waals surface area contributed by atoms with Gasteiger partial charge in [-0.2, -0.15) is 0 Å². The van der Waals surface area contributed by atoms with Gasteiger partial charge in [-0.3, -0.25) is 4.79 Å². The highest BCUT2D eigenvalue weighted by Gasteiger charge is 2.31. The molecule has 1 aliphatic heterocycles. The molecule has 1 saturated carbocycles. The lowest BCUT2D eigenvalue weighted by Crippen LogP contribution is -2.31. The van der Waals surface area contributed by atoms with Crippen molar-refractivity contribution in [3.63, 3.8) is 0 Å². The molecule has 0 atom stereocenters. The van der Waals surface area contributed by atoms with E-state index >= 15 is 0 Å². The van der Waals surface area contributed by atoms with Crippen LogP contribution in [0.25, 0.3) is 10.8 Å². The van der Waals surface area contributed by atoms with E-state index in [1.54, 1.807) is 0 Å². The van der Waals surface area contributed by atoms with Crippen LogP contribution in [0.3, 0.4) is 0 Å². The van der Waals surface area contributed by atoms with Crippen molar-refractivity contribution in [3.05, 3.63) is 42.0 Å². The fourth-order valence-corrected chi connectivity index (χ4v) is 3.61. The van der Waals surface area contributed by atoms with Crippen molar-refractivity contribution in [1.29, 1.82) is 0 Å². The van der Waals surface area contributed by atoms with E-state index in [1.807, 2.05) is 17.0 Å². The van der Waals surface area contributed by atoms with Crippen LogP contribution >= 0.6 is 0 Å². The normalized spacial score (nSPS) is 18.7. The SMILES string of the molecule is O=C1c2cccc3cccc(c23)N1CC1CCCC1. The number of benzene rings is 2. The number of carbonyl (C=O) groups excluding carboxylic acids is 1. The van der Waals surface area contributed by atoms with Gasteiger partial charge in [-0.15, -0.1) is 0 Å². The van der Waals surface area contributed by atoms with Gasteiger partial charge in [0, 0.05) is 17.5 Å². The molecular weight excluding hydrogens is 234 g/mol. The van der Waals surface area contributed by atoms with E-state index in [9.17, 15) is 4.79 Å². The van der Waals surface area contributed by atoms with Crippen molar-refractivity contribution in [2.75, 3.05) is 11.4 Å². The second-order valence-electron chi connectivity index (χ2n) is 5.75. The Hall–Kier alpha value is -1.83. The van der Waals surface area contributed by atoms with Crippen molar-refractivity contribution in [2.45, 2.75) is 25.7 Å². The van der Waals surface area contributed by atoms with Crippen LogP contribution in [-0.4, -0.2) is 12.5 Å². The van der Waals surface area contributed by atoms with Gasteiger partial charge in [-0.1, -0.05) is 37.1 Å². The molecule has 0 spiro atoms. The van der Waals surface area contributed by atoms with Crippen molar-refractivity contribution in [3.8, 4) is 0 Å². The Morgan fingerprint density at radius 1 is 1.05 bits per heavy atom. The number of hydrogen-bond acceptors (Lipinski definition) is 1. The third-order valence-corrected chi connectivity index (χ3v) is 4.56. The largest absolute Gasteiger partial charge is 0.307 e. The van der Waals surface area contributed by atoms with Gasteiger partial charge in [0.2, 0.25) is 0 Å². The molecule has 2 aromatic rings. The summed E-state index contributed by atoms with van der Waals surface area (Å²) < 4.78 is 0. The summed E-state index contributed by atoms with van der Waals surface area (Å²) in [6, 6.07) is 12.3. The maximum absolute atomic E-state index is 12.6. The minimum atomic E-state index is 0.193. The molecule has 0 unspecified atom stereocenters. The van der Waals surface area contributed by atoms with Gasteiger partial charge >= 0.3 is 0 Å². The molecule has 4 rings (SSSR count). The predicted octanol–water partition coefficient (Wildman–Crippen LogP) is 3.99. The van der Waals surface area contributed by atoms with E-state index in [1.165, 1.54) is 31.1 Å². The molecule has 1 fully saturated rings. The van der Waals surface area contributed by atoms with Crippen molar-refractivity contribution >= 4 is 22.4 Å². The van der Waals surface area contributed by atoms with E-state index in [0.717, 1.165) is 23.2 Å². The molecule has 2 nitrogen and oxygen atoms in total. The van der Waals surface area contributed by atoms with Crippen molar-refractivity contribution < 1.29 is 4.79 Å². The first kappa shape index (κ1) is 11.0. The number of hydrogen-bond donors (Lipinski definition) is 0. The van der Waals surface area contributed by atoms with Crippen LogP contribution in [0.2, 0.25) is 0 Å². The van der Waals surface area contributed by atoms with E-state index in [2.05, 4.69) is 24.3 Å². The fraction of sp³-hybridized carbons (Fsp3) is 0.353. The molecule has 2 aliphatic rings. The number of rotatable bonds is 2. The molecule has 96 valence electrons. The first-order chi connectivity index (χ1) is 9.34. The maximum Gasteiger partial charge on any atom is 0.259 e. The third kappa shape index (κ3) is 1.59. The monoisotopic (exact) mass is 251 g/mol. The molecule has 0 radical (unpaired) electrons. The first-order valence-corrected chi connectivity index (χ1v) is 7.18. The molecule has 0 aromatic heterocycles. The zero-order chi connectivity index (χ0) is 12.8. The van der Waals surface area contributed by atoms with Gasteiger partial charge in [-0.25, -0.2) is 0 Å². The van der Waals surface area contributed by atoms with Crippen LogP contribution in [0.4, 0.5) is 5.69 Å². The van der Waals surface area contributed by atoms with Gasteiger partial charge in [0.1, 0.15) is 0 Å². The van der Waals surface area contributed by atoms with Crippen LogP contribution in [0, 0.1) is 5.92 Å². The van der Waals surface area contributed by atoms with Gasteiger partial charge in [-0.05, 0) is 36.3 Å². The third-order valence-electron chi connectivity index (χ3n) is 4.56. The number of carbonyl (C=O) groups is 1. The summed E-state index contributed by atoms with van der Waals surface area (Å²) in [7, 11) is 0. The lowest BCUT2D eigenvalue weighted by atomic mass is 10.1. The summed E-state index contributed by atoms with van der Waals surface area (Å²) in [6.07, 6.45) is 5.19. The number of anilines is 1. The van der Waals surface area contributed by atoms with Gasteiger partial charge in [0.25, 0.3) is 5.91 Å². The number of nitrogens with zero attached hydrogens (tertiary/aromatic N) is 1. The Morgan fingerprint density at radius 3 is 2.58 bits per heavy atom. The minimum absolute atomic E-state index is 0.193. The molecule has 2 aromatic carbocycles. The molecule has 0 saturated heterocycles. The maximum atomic E-state index is 12.6. The topological polar surface area (TPSA) is 20.3 Å². The summed E-state index contributed by atoms with van der Waals surface area (Å²) >= 11 is 0. The number of amides is 1. The van der Waals surface area contributed by atoms with Crippen molar-refractivity contribution in [2.24, 2.45) is 5.92 Å². The molecule has 0 N–H and O–H groups in total. The van der Waals surface area contributed by atoms with Crippen LogP contribution in [0.5, 0.6) is 0 Å². The summed E-state index contributed by atoms with van der Waals surface area (Å²) in [5.41, 5.74) is 2.00. The van der Waals surface area contributed by atoms with Crippen LogP contribution in [-0.2, 0) is 0 Å². The Bertz CT molecular complexity index is 650. The second kappa shape index (κ2) is 4.09. The summed E-state index contributed by atoms with van der Waals surface area (Å²) in [6.45, 7) is 0.895. The Labute approximate surface area is 113 Å². The lowest BCUT2D eigenvalue weighted by molar-refractivity contribution is 0.0989. The predicted molar refractivity (Wildman–Crippen MR) is 77.6 cm³/mol. The van der Waals surface area contributed by atoms with E-state index in [4.69, 9.17) is 0 Å². The standard InChI is InChI=1S/C17H17NO/c19-17-14-9-3-7-13-8-4-10-15(16(13)14)18(17)11-12-5-1-2-6-12/h3-4,7-10,12H,1-2,5-6,11H2. The average molecular weight is 251 g/mol. The zero-order valence-corrected chi connectivity index (χ0v) is 10.9. The molecule has 1 aliphatic carbocycles. The summed E-state index contributed by atoms with van der Waals surface area (Å²) in [5, 5.41) is 2.32. The van der Waals surface area contributed by atoms with E-state index in [-0.39, 0.29) is 5.91 Å². The smallest absolute Gasteiger partial charge is 0.259 e. The Kier molecular flexibility index (Phi) is 2.37.